The molecule has 0 bridgehead atoms. The van der Waals surface area contributed by atoms with Crippen molar-refractivity contribution in [3.8, 4) is 5.75 Å². The molecule has 1 heterocycles. The quantitative estimate of drug-likeness (QED) is 0.573. The lowest BCUT2D eigenvalue weighted by molar-refractivity contribution is 0.0654. The van der Waals surface area contributed by atoms with Crippen molar-refractivity contribution in [1.82, 2.24) is 4.90 Å². The number of carbonyl (C=O) groups excluding carboxylic acids is 3. The molecule has 3 amide bonds. The Labute approximate surface area is 180 Å². The smallest absolute Gasteiger partial charge is 0.261 e. The predicted molar refractivity (Wildman–Crippen MR) is 118 cm³/mol. The van der Waals surface area contributed by atoms with Gasteiger partial charge in [-0.25, -0.2) is 0 Å². The second-order valence-corrected chi connectivity index (χ2v) is 7.28. The van der Waals surface area contributed by atoms with E-state index in [4.69, 9.17) is 4.74 Å². The van der Waals surface area contributed by atoms with Gasteiger partial charge in [-0.1, -0.05) is 36.4 Å². The van der Waals surface area contributed by atoms with Crippen molar-refractivity contribution < 1.29 is 19.1 Å². The molecule has 0 atom stereocenters. The number of carbonyl (C=O) groups is 3. The van der Waals surface area contributed by atoms with Crippen LogP contribution in [0, 0.1) is 6.92 Å². The number of para-hydroxylation sites is 1. The molecule has 1 aliphatic heterocycles. The predicted octanol–water partition coefficient (Wildman–Crippen LogP) is 3.95. The van der Waals surface area contributed by atoms with Gasteiger partial charge in [0.15, 0.2) is 0 Å². The van der Waals surface area contributed by atoms with Gasteiger partial charge >= 0.3 is 0 Å². The standard InChI is InChI=1S/C25H22N2O4/c1-17-8-3-6-13-22(17)26(23(28)18-9-7-10-19(16-18)31-2)14-15-27-24(29)20-11-4-5-12-21(20)25(27)30/h3-13,16H,14-15H2,1-2H3. The Morgan fingerprint density at radius 1 is 0.903 bits per heavy atom. The fraction of sp³-hybridized carbons (Fsp3) is 0.160. The van der Waals surface area contributed by atoms with Gasteiger partial charge in [-0.05, 0) is 48.9 Å². The third-order valence-electron chi connectivity index (χ3n) is 5.39. The van der Waals surface area contributed by atoms with Crippen molar-refractivity contribution in [3.63, 3.8) is 0 Å². The summed E-state index contributed by atoms with van der Waals surface area (Å²) in [5, 5.41) is 0. The first-order valence-electron chi connectivity index (χ1n) is 9.98. The van der Waals surface area contributed by atoms with Gasteiger partial charge in [0.25, 0.3) is 17.7 Å². The second kappa shape index (κ2) is 8.44. The van der Waals surface area contributed by atoms with Crippen molar-refractivity contribution >= 4 is 23.4 Å². The maximum atomic E-state index is 13.4. The summed E-state index contributed by atoms with van der Waals surface area (Å²) in [5.74, 6) is -0.320. The van der Waals surface area contributed by atoms with E-state index in [0.29, 0.717) is 22.4 Å². The van der Waals surface area contributed by atoms with Crippen molar-refractivity contribution in [2.75, 3.05) is 25.1 Å². The average Bonchev–Trinajstić information content (AvgIpc) is 3.05. The maximum absolute atomic E-state index is 13.4. The molecule has 4 rings (SSSR count). The van der Waals surface area contributed by atoms with Gasteiger partial charge in [-0.3, -0.25) is 19.3 Å². The number of imide groups is 1. The second-order valence-electron chi connectivity index (χ2n) is 7.28. The number of hydrogen-bond acceptors (Lipinski definition) is 4. The van der Waals surface area contributed by atoms with Gasteiger partial charge in [-0.2, -0.15) is 0 Å². The Balaban J connectivity index is 1.63. The summed E-state index contributed by atoms with van der Waals surface area (Å²) in [5.41, 5.74) is 2.90. The van der Waals surface area contributed by atoms with Crippen molar-refractivity contribution in [1.29, 1.82) is 0 Å². The lowest BCUT2D eigenvalue weighted by Crippen LogP contribution is -2.41. The van der Waals surface area contributed by atoms with Crippen LogP contribution in [0.25, 0.3) is 0 Å². The summed E-state index contributed by atoms with van der Waals surface area (Å²) in [6.45, 7) is 2.19. The van der Waals surface area contributed by atoms with Crippen LogP contribution in [0.3, 0.4) is 0 Å². The fourth-order valence-corrected chi connectivity index (χ4v) is 3.75. The van der Waals surface area contributed by atoms with Crippen LogP contribution in [-0.2, 0) is 0 Å². The Morgan fingerprint density at radius 3 is 2.19 bits per heavy atom. The molecule has 0 N–H and O–H groups in total. The number of benzene rings is 3. The summed E-state index contributed by atoms with van der Waals surface area (Å²) in [6.07, 6.45) is 0. The van der Waals surface area contributed by atoms with Crippen LogP contribution in [0.1, 0.15) is 36.6 Å². The SMILES string of the molecule is COc1cccc(C(=O)N(CCN2C(=O)c3ccccc3C2=O)c2ccccc2C)c1. The Bertz CT molecular complexity index is 1140. The van der Waals surface area contributed by atoms with Crippen LogP contribution in [-0.4, -0.2) is 42.8 Å². The molecule has 31 heavy (non-hydrogen) atoms. The van der Waals surface area contributed by atoms with E-state index < -0.39 is 0 Å². The molecule has 0 spiro atoms. The molecule has 6 heteroatoms. The Hall–Kier alpha value is -3.93. The topological polar surface area (TPSA) is 66.9 Å². The lowest BCUT2D eigenvalue weighted by Gasteiger charge is -2.26. The molecule has 1 aliphatic rings. The summed E-state index contributed by atoms with van der Waals surface area (Å²) in [6, 6.07) is 21.2. The third kappa shape index (κ3) is 3.80. The van der Waals surface area contributed by atoms with Gasteiger partial charge in [0, 0.05) is 24.3 Å². The molecule has 0 aromatic heterocycles. The molecule has 0 radical (unpaired) electrons. The summed E-state index contributed by atoms with van der Waals surface area (Å²) in [7, 11) is 1.55. The number of ether oxygens (including phenoxy) is 1. The zero-order valence-electron chi connectivity index (χ0n) is 17.4. The first kappa shape index (κ1) is 20.3. The number of anilines is 1. The number of fused-ring (bicyclic) bond motifs is 1. The Kier molecular flexibility index (Phi) is 5.54. The zero-order chi connectivity index (χ0) is 22.0. The molecular formula is C25H22N2O4. The minimum atomic E-state index is -0.334. The molecule has 0 aliphatic carbocycles. The van der Waals surface area contributed by atoms with E-state index in [0.717, 1.165) is 11.3 Å². The summed E-state index contributed by atoms with van der Waals surface area (Å²) >= 11 is 0. The van der Waals surface area contributed by atoms with E-state index in [9.17, 15) is 14.4 Å². The molecule has 3 aromatic carbocycles. The molecule has 0 unspecified atom stereocenters. The number of aryl methyl sites for hydroxylation is 1. The van der Waals surface area contributed by atoms with E-state index in [2.05, 4.69) is 0 Å². The first-order chi connectivity index (χ1) is 15.0. The molecule has 3 aromatic rings. The third-order valence-corrected chi connectivity index (χ3v) is 5.39. The summed E-state index contributed by atoms with van der Waals surface area (Å²) in [4.78, 5) is 41.7. The van der Waals surface area contributed by atoms with Gasteiger partial charge in [-0.15, -0.1) is 0 Å². The van der Waals surface area contributed by atoms with E-state index in [-0.39, 0.29) is 30.8 Å². The molecule has 6 nitrogen and oxygen atoms in total. The highest BCUT2D eigenvalue weighted by atomic mass is 16.5. The van der Waals surface area contributed by atoms with Crippen molar-refractivity contribution in [2.45, 2.75) is 6.92 Å². The van der Waals surface area contributed by atoms with E-state index in [1.807, 2.05) is 31.2 Å². The number of hydrogen-bond donors (Lipinski definition) is 0. The molecule has 156 valence electrons. The van der Waals surface area contributed by atoms with Crippen LogP contribution in [0.15, 0.2) is 72.8 Å². The monoisotopic (exact) mass is 414 g/mol. The van der Waals surface area contributed by atoms with Crippen LogP contribution >= 0.6 is 0 Å². The number of rotatable bonds is 6. The molecule has 0 saturated carbocycles. The highest BCUT2D eigenvalue weighted by molar-refractivity contribution is 6.21. The fourth-order valence-electron chi connectivity index (χ4n) is 3.75. The normalized spacial score (nSPS) is 12.6. The van der Waals surface area contributed by atoms with Crippen LogP contribution in [0.2, 0.25) is 0 Å². The van der Waals surface area contributed by atoms with Gasteiger partial charge in [0.1, 0.15) is 5.75 Å². The maximum Gasteiger partial charge on any atom is 0.261 e. The van der Waals surface area contributed by atoms with Gasteiger partial charge < -0.3 is 9.64 Å². The van der Waals surface area contributed by atoms with Crippen LogP contribution in [0.4, 0.5) is 5.69 Å². The molecule has 0 saturated heterocycles. The minimum absolute atomic E-state index is 0.0936. The minimum Gasteiger partial charge on any atom is -0.497 e. The van der Waals surface area contributed by atoms with Crippen LogP contribution in [0.5, 0.6) is 5.75 Å². The number of nitrogens with zero attached hydrogens (tertiary/aromatic N) is 2. The lowest BCUT2D eigenvalue weighted by atomic mass is 10.1. The van der Waals surface area contributed by atoms with E-state index >= 15 is 0 Å². The highest BCUT2D eigenvalue weighted by Gasteiger charge is 2.35. The van der Waals surface area contributed by atoms with Crippen molar-refractivity contribution in [3.05, 3.63) is 95.1 Å². The first-order valence-corrected chi connectivity index (χ1v) is 9.98. The van der Waals surface area contributed by atoms with Gasteiger partial charge in [0.05, 0.1) is 18.2 Å². The highest BCUT2D eigenvalue weighted by Crippen LogP contribution is 2.25. The largest absolute Gasteiger partial charge is 0.497 e. The van der Waals surface area contributed by atoms with E-state index in [1.54, 1.807) is 60.5 Å². The zero-order valence-corrected chi connectivity index (χ0v) is 17.4. The number of methoxy groups -OCH3 is 1. The van der Waals surface area contributed by atoms with Gasteiger partial charge in [0.2, 0.25) is 0 Å². The summed E-state index contributed by atoms with van der Waals surface area (Å²) < 4.78 is 5.25. The molecular weight excluding hydrogens is 392 g/mol. The van der Waals surface area contributed by atoms with E-state index in [1.165, 1.54) is 4.90 Å². The molecule has 0 fully saturated rings. The Morgan fingerprint density at radius 2 is 1.55 bits per heavy atom. The van der Waals surface area contributed by atoms with Crippen molar-refractivity contribution in [2.24, 2.45) is 0 Å². The van der Waals surface area contributed by atoms with Crippen LogP contribution < -0.4 is 9.64 Å². The average molecular weight is 414 g/mol. The number of amides is 3.